The number of carbonyl (C=O) groups excluding carboxylic acids is 2. The Balaban J connectivity index is 1.73. The molecule has 0 spiro atoms. The number of hydrogen-bond acceptors (Lipinski definition) is 4. The predicted molar refractivity (Wildman–Crippen MR) is 136 cm³/mol. The van der Waals surface area contributed by atoms with Crippen LogP contribution in [0.1, 0.15) is 48.6 Å². The Morgan fingerprint density at radius 2 is 1.61 bits per heavy atom. The zero-order chi connectivity index (χ0) is 25.6. The van der Waals surface area contributed by atoms with Crippen LogP contribution in [0.4, 0.5) is 10.1 Å². The highest BCUT2D eigenvalue weighted by Gasteiger charge is 2.44. The third-order valence-electron chi connectivity index (χ3n) is 6.99. The number of aromatic nitrogens is 2. The number of nitrogens with zero attached hydrogens (tertiary/aromatic N) is 3. The van der Waals surface area contributed by atoms with Crippen LogP contribution in [0.5, 0.6) is 0 Å². The number of piperidine rings is 1. The molecule has 5 rings (SSSR count). The number of rotatable bonds is 5. The normalized spacial score (nSPS) is 16.4. The van der Waals surface area contributed by atoms with Gasteiger partial charge in [-0.05, 0) is 81.0 Å². The van der Waals surface area contributed by atoms with E-state index in [0.717, 1.165) is 35.3 Å². The van der Waals surface area contributed by atoms with E-state index in [-0.39, 0.29) is 28.1 Å². The minimum absolute atomic E-state index is 0.119. The lowest BCUT2D eigenvalue weighted by atomic mass is 10.0. The molecule has 0 aliphatic carbocycles. The quantitative estimate of drug-likeness (QED) is 0.545. The van der Waals surface area contributed by atoms with E-state index in [1.54, 1.807) is 0 Å². The SMILES string of the molecule is CCc1[nH]n(-c2cc(C)ccc2C)c(=O)c1C1=C(N2CCCCC2)C(=O)N(c2ccc(F)cc2)C1=O. The van der Waals surface area contributed by atoms with Crippen molar-refractivity contribution in [1.82, 2.24) is 14.7 Å². The largest absolute Gasteiger partial charge is 0.366 e. The van der Waals surface area contributed by atoms with E-state index in [1.165, 1.54) is 28.9 Å². The molecule has 7 nitrogen and oxygen atoms in total. The molecule has 1 aromatic heterocycles. The van der Waals surface area contributed by atoms with Crippen molar-refractivity contribution in [3.05, 3.63) is 86.7 Å². The molecule has 0 radical (unpaired) electrons. The van der Waals surface area contributed by atoms with E-state index in [0.29, 0.717) is 30.9 Å². The molecule has 1 fully saturated rings. The first-order valence-corrected chi connectivity index (χ1v) is 12.4. The maximum Gasteiger partial charge on any atom is 0.282 e. The summed E-state index contributed by atoms with van der Waals surface area (Å²) in [5.41, 5.74) is 3.70. The molecule has 2 aliphatic heterocycles. The molecular weight excluding hydrogens is 459 g/mol. The van der Waals surface area contributed by atoms with E-state index in [4.69, 9.17) is 0 Å². The van der Waals surface area contributed by atoms with E-state index >= 15 is 0 Å². The van der Waals surface area contributed by atoms with Gasteiger partial charge in [0.1, 0.15) is 11.5 Å². The number of aryl methyl sites for hydroxylation is 3. The standard InChI is InChI=1S/C28H29FN4O3/c1-4-21-23(27(35)33(30-21)22-16-17(2)8-9-18(22)3)24-25(31-14-6-5-7-15-31)28(36)32(26(24)34)20-12-10-19(29)11-13-20/h8-13,16,30H,4-7,14-15H2,1-3H3. The second kappa shape index (κ2) is 9.26. The minimum Gasteiger partial charge on any atom is -0.366 e. The highest BCUT2D eigenvalue weighted by Crippen LogP contribution is 2.36. The van der Waals surface area contributed by atoms with Gasteiger partial charge in [-0.15, -0.1) is 0 Å². The number of anilines is 1. The predicted octanol–water partition coefficient (Wildman–Crippen LogP) is 4.25. The molecule has 0 unspecified atom stereocenters. The molecule has 1 N–H and O–H groups in total. The van der Waals surface area contributed by atoms with E-state index < -0.39 is 17.6 Å². The van der Waals surface area contributed by atoms with E-state index in [9.17, 15) is 18.8 Å². The van der Waals surface area contributed by atoms with Gasteiger partial charge in [-0.25, -0.2) is 14.0 Å². The van der Waals surface area contributed by atoms with Crippen molar-refractivity contribution in [2.75, 3.05) is 18.0 Å². The summed E-state index contributed by atoms with van der Waals surface area (Å²) in [6.07, 6.45) is 3.31. The summed E-state index contributed by atoms with van der Waals surface area (Å²) < 4.78 is 15.1. The van der Waals surface area contributed by atoms with Crippen molar-refractivity contribution in [1.29, 1.82) is 0 Å². The van der Waals surface area contributed by atoms with Crippen LogP contribution in [-0.2, 0) is 16.0 Å². The highest BCUT2D eigenvalue weighted by molar-refractivity contribution is 6.45. The fourth-order valence-electron chi connectivity index (χ4n) is 5.11. The zero-order valence-electron chi connectivity index (χ0n) is 20.7. The molecule has 0 bridgehead atoms. The van der Waals surface area contributed by atoms with Gasteiger partial charge in [0.2, 0.25) is 0 Å². The number of halogens is 1. The molecule has 0 atom stereocenters. The summed E-state index contributed by atoms with van der Waals surface area (Å²) in [5.74, 6) is -1.51. The van der Waals surface area contributed by atoms with Crippen LogP contribution in [0.15, 0.2) is 53.0 Å². The molecule has 2 aliphatic rings. The Kier molecular flexibility index (Phi) is 6.12. The van der Waals surface area contributed by atoms with Crippen molar-refractivity contribution >= 4 is 23.1 Å². The third-order valence-corrected chi connectivity index (χ3v) is 6.99. The van der Waals surface area contributed by atoms with Gasteiger partial charge < -0.3 is 4.90 Å². The highest BCUT2D eigenvalue weighted by atomic mass is 19.1. The van der Waals surface area contributed by atoms with Crippen LogP contribution >= 0.6 is 0 Å². The van der Waals surface area contributed by atoms with Gasteiger partial charge in [0, 0.05) is 18.8 Å². The molecule has 3 aromatic rings. The summed E-state index contributed by atoms with van der Waals surface area (Å²) in [4.78, 5) is 44.6. The summed E-state index contributed by atoms with van der Waals surface area (Å²) in [7, 11) is 0. The van der Waals surface area contributed by atoms with Gasteiger partial charge in [0.15, 0.2) is 0 Å². The monoisotopic (exact) mass is 488 g/mol. The number of benzene rings is 2. The number of likely N-dealkylation sites (tertiary alicyclic amines) is 1. The lowest BCUT2D eigenvalue weighted by Crippen LogP contribution is -2.37. The van der Waals surface area contributed by atoms with Crippen LogP contribution in [-0.4, -0.2) is 39.6 Å². The number of nitrogens with one attached hydrogen (secondary N) is 1. The number of H-pyrrole nitrogens is 1. The summed E-state index contributed by atoms with van der Waals surface area (Å²) in [6, 6.07) is 11.1. The van der Waals surface area contributed by atoms with Crippen molar-refractivity contribution in [3.8, 4) is 5.69 Å². The van der Waals surface area contributed by atoms with Crippen LogP contribution < -0.4 is 10.5 Å². The lowest BCUT2D eigenvalue weighted by Gasteiger charge is -2.29. The maximum atomic E-state index is 13.9. The molecule has 3 heterocycles. The lowest BCUT2D eigenvalue weighted by molar-refractivity contribution is -0.120. The fraction of sp³-hybridized carbons (Fsp3) is 0.321. The molecule has 8 heteroatoms. The van der Waals surface area contributed by atoms with Crippen molar-refractivity contribution < 1.29 is 14.0 Å². The average Bonchev–Trinajstić information content (AvgIpc) is 3.33. The van der Waals surface area contributed by atoms with E-state index in [1.807, 2.05) is 43.9 Å². The van der Waals surface area contributed by atoms with Gasteiger partial charge in [-0.1, -0.05) is 19.1 Å². The molecule has 1 saturated heterocycles. The van der Waals surface area contributed by atoms with Crippen LogP contribution in [0.25, 0.3) is 11.3 Å². The number of hydrogen-bond donors (Lipinski definition) is 1. The smallest absolute Gasteiger partial charge is 0.282 e. The van der Waals surface area contributed by atoms with Gasteiger partial charge >= 0.3 is 0 Å². The van der Waals surface area contributed by atoms with Crippen LogP contribution in [0.2, 0.25) is 0 Å². The summed E-state index contributed by atoms with van der Waals surface area (Å²) in [5, 5.41) is 3.20. The van der Waals surface area contributed by atoms with Gasteiger partial charge in [-0.3, -0.25) is 19.5 Å². The average molecular weight is 489 g/mol. The summed E-state index contributed by atoms with van der Waals surface area (Å²) >= 11 is 0. The molecule has 2 amide bonds. The molecule has 0 saturated carbocycles. The number of aromatic amines is 1. The van der Waals surface area contributed by atoms with Crippen LogP contribution in [0.3, 0.4) is 0 Å². The Bertz CT molecular complexity index is 1440. The zero-order valence-corrected chi connectivity index (χ0v) is 20.7. The maximum absolute atomic E-state index is 13.9. The number of carbonyl (C=O) groups is 2. The fourth-order valence-corrected chi connectivity index (χ4v) is 5.11. The van der Waals surface area contributed by atoms with Crippen molar-refractivity contribution in [2.45, 2.75) is 46.5 Å². The Hall–Kier alpha value is -3.94. The first-order valence-electron chi connectivity index (χ1n) is 12.4. The number of amides is 2. The van der Waals surface area contributed by atoms with Crippen molar-refractivity contribution in [3.63, 3.8) is 0 Å². The third kappa shape index (κ3) is 3.86. The first kappa shape index (κ1) is 23.8. The van der Waals surface area contributed by atoms with Crippen molar-refractivity contribution in [2.24, 2.45) is 0 Å². The number of imide groups is 1. The minimum atomic E-state index is -0.564. The van der Waals surface area contributed by atoms with Gasteiger partial charge in [0.05, 0.1) is 22.5 Å². The van der Waals surface area contributed by atoms with Crippen LogP contribution in [0, 0.1) is 19.7 Å². The molecule has 36 heavy (non-hydrogen) atoms. The molecule has 2 aromatic carbocycles. The van der Waals surface area contributed by atoms with Gasteiger partial charge in [-0.2, -0.15) is 0 Å². The first-order chi connectivity index (χ1) is 17.3. The van der Waals surface area contributed by atoms with Gasteiger partial charge in [0.25, 0.3) is 17.4 Å². The Morgan fingerprint density at radius 1 is 0.917 bits per heavy atom. The second-order valence-electron chi connectivity index (χ2n) is 9.44. The van der Waals surface area contributed by atoms with E-state index in [2.05, 4.69) is 5.10 Å². The Morgan fingerprint density at radius 3 is 2.28 bits per heavy atom. The summed E-state index contributed by atoms with van der Waals surface area (Å²) in [6.45, 7) is 7.04. The molecule has 186 valence electrons. The topological polar surface area (TPSA) is 78.4 Å². The second-order valence-corrected chi connectivity index (χ2v) is 9.44. The Labute approximate surface area is 208 Å². The molecular formula is C28H29FN4O3.